The maximum absolute atomic E-state index is 8.56. The van der Waals surface area contributed by atoms with Crippen LogP contribution in [0.25, 0.3) is 10.9 Å². The summed E-state index contributed by atoms with van der Waals surface area (Å²) in [5, 5.41) is 18.1. The first-order valence-corrected chi connectivity index (χ1v) is 7.96. The number of pyridine rings is 1. The minimum atomic E-state index is 0.527. The van der Waals surface area contributed by atoms with Crippen LogP contribution in [-0.2, 0) is 0 Å². The van der Waals surface area contributed by atoms with Gasteiger partial charge in [0.05, 0.1) is 17.7 Å². The molecule has 0 saturated carbocycles. The molecule has 0 aliphatic rings. The van der Waals surface area contributed by atoms with Gasteiger partial charge in [-0.3, -0.25) is 0 Å². The van der Waals surface area contributed by atoms with E-state index in [0.29, 0.717) is 31.4 Å². The van der Waals surface area contributed by atoms with Gasteiger partial charge in [0.15, 0.2) is 0 Å². The normalized spacial score (nSPS) is 9.08. The second-order valence-corrected chi connectivity index (χ2v) is 5.20. The zero-order valence-corrected chi connectivity index (χ0v) is 13.5. The molecule has 0 unspecified atom stereocenters. The molecule has 2 rings (SSSR count). The lowest BCUT2D eigenvalue weighted by Gasteiger charge is -2.01. The molecule has 0 atom stereocenters. The van der Waals surface area contributed by atoms with E-state index in [2.05, 4.69) is 40.8 Å². The fourth-order valence-corrected chi connectivity index (χ4v) is 2.17. The van der Waals surface area contributed by atoms with Crippen molar-refractivity contribution in [1.29, 1.82) is 10.5 Å². The Morgan fingerprint density at radius 2 is 1.50 bits per heavy atom. The molecular weight excluding hydrogens is 294 g/mol. The summed E-state index contributed by atoms with van der Waals surface area (Å²) in [5.41, 5.74) is 2.49. The Labute approximate surface area is 142 Å². The van der Waals surface area contributed by atoms with Crippen LogP contribution in [0, 0.1) is 46.3 Å². The largest absolute Gasteiger partial charge is 0.239 e. The summed E-state index contributed by atoms with van der Waals surface area (Å²) >= 11 is 0. The van der Waals surface area contributed by atoms with Gasteiger partial charge in [0.1, 0.15) is 5.69 Å². The minimum Gasteiger partial charge on any atom is -0.239 e. The molecule has 0 spiro atoms. The highest BCUT2D eigenvalue weighted by Gasteiger charge is 2.02. The van der Waals surface area contributed by atoms with Gasteiger partial charge >= 0.3 is 0 Å². The van der Waals surface area contributed by atoms with E-state index in [0.717, 1.165) is 29.3 Å². The number of nitriles is 2. The van der Waals surface area contributed by atoms with E-state index in [1.165, 1.54) is 0 Å². The standard InChI is InChI=1S/C21H17N3/c22-15-9-3-1-5-11-18-17-19(12-6-2-4-10-16-23)24-21-14-8-7-13-20(18)21/h7-8,13-14,17H,1-4,9-10H2. The predicted octanol–water partition coefficient (Wildman–Crippen LogP) is 4.33. The van der Waals surface area contributed by atoms with Crippen molar-refractivity contribution >= 4 is 10.9 Å². The first kappa shape index (κ1) is 17.1. The van der Waals surface area contributed by atoms with Crippen LogP contribution in [0.3, 0.4) is 0 Å². The Bertz CT molecular complexity index is 906. The average Bonchev–Trinajstić information content (AvgIpc) is 2.61. The quantitative estimate of drug-likeness (QED) is 0.624. The highest BCUT2D eigenvalue weighted by molar-refractivity contribution is 5.85. The number of rotatable bonds is 4. The second kappa shape index (κ2) is 9.69. The first-order valence-electron chi connectivity index (χ1n) is 7.96. The van der Waals surface area contributed by atoms with Crippen molar-refractivity contribution in [2.45, 2.75) is 38.5 Å². The van der Waals surface area contributed by atoms with Crippen molar-refractivity contribution in [2.75, 3.05) is 0 Å². The number of para-hydroxylation sites is 1. The van der Waals surface area contributed by atoms with Gasteiger partial charge in [-0.1, -0.05) is 36.0 Å². The molecule has 1 aromatic carbocycles. The molecule has 1 heterocycles. The average molecular weight is 311 g/mol. The van der Waals surface area contributed by atoms with E-state index in [1.807, 2.05) is 30.3 Å². The van der Waals surface area contributed by atoms with E-state index < -0.39 is 0 Å². The van der Waals surface area contributed by atoms with E-state index in [-0.39, 0.29) is 0 Å². The zero-order chi connectivity index (χ0) is 17.0. The molecule has 116 valence electrons. The van der Waals surface area contributed by atoms with E-state index in [4.69, 9.17) is 10.5 Å². The molecule has 0 radical (unpaired) electrons. The Morgan fingerprint density at radius 3 is 2.21 bits per heavy atom. The van der Waals surface area contributed by atoms with Crippen LogP contribution in [0.15, 0.2) is 30.3 Å². The van der Waals surface area contributed by atoms with Gasteiger partial charge in [0.25, 0.3) is 0 Å². The number of hydrogen-bond acceptors (Lipinski definition) is 3. The second-order valence-electron chi connectivity index (χ2n) is 5.20. The summed E-state index contributed by atoms with van der Waals surface area (Å²) in [5.74, 6) is 12.4. The van der Waals surface area contributed by atoms with Crippen LogP contribution in [0.4, 0.5) is 0 Å². The van der Waals surface area contributed by atoms with Crippen molar-refractivity contribution in [1.82, 2.24) is 4.98 Å². The van der Waals surface area contributed by atoms with Crippen molar-refractivity contribution < 1.29 is 0 Å². The number of benzene rings is 1. The lowest BCUT2D eigenvalue weighted by atomic mass is 10.1. The van der Waals surface area contributed by atoms with Gasteiger partial charge in [-0.25, -0.2) is 4.98 Å². The van der Waals surface area contributed by atoms with E-state index >= 15 is 0 Å². The van der Waals surface area contributed by atoms with Crippen LogP contribution in [0.5, 0.6) is 0 Å². The van der Waals surface area contributed by atoms with Crippen molar-refractivity contribution in [3.63, 3.8) is 0 Å². The predicted molar refractivity (Wildman–Crippen MR) is 94.4 cm³/mol. The van der Waals surface area contributed by atoms with E-state index in [9.17, 15) is 0 Å². The highest BCUT2D eigenvalue weighted by atomic mass is 14.7. The smallest absolute Gasteiger partial charge is 0.115 e. The molecule has 0 saturated heterocycles. The van der Waals surface area contributed by atoms with Crippen LogP contribution < -0.4 is 0 Å². The molecule has 0 aliphatic heterocycles. The molecule has 24 heavy (non-hydrogen) atoms. The zero-order valence-electron chi connectivity index (χ0n) is 13.5. The van der Waals surface area contributed by atoms with Crippen LogP contribution in [-0.4, -0.2) is 4.98 Å². The van der Waals surface area contributed by atoms with Crippen molar-refractivity contribution in [2.24, 2.45) is 0 Å². The monoisotopic (exact) mass is 311 g/mol. The molecule has 0 amide bonds. The maximum atomic E-state index is 8.56. The summed E-state index contributed by atoms with van der Waals surface area (Å²) in [6.07, 6.45) is 4.03. The Hall–Kier alpha value is -3.27. The Kier molecular flexibility index (Phi) is 6.90. The van der Waals surface area contributed by atoms with Gasteiger partial charge < -0.3 is 0 Å². The van der Waals surface area contributed by atoms with Gasteiger partial charge in [-0.2, -0.15) is 10.5 Å². The van der Waals surface area contributed by atoms with E-state index in [1.54, 1.807) is 0 Å². The summed E-state index contributed by atoms with van der Waals surface area (Å²) in [7, 11) is 0. The highest BCUT2D eigenvalue weighted by Crippen LogP contribution is 2.17. The van der Waals surface area contributed by atoms with Crippen LogP contribution >= 0.6 is 0 Å². The maximum Gasteiger partial charge on any atom is 0.115 e. The fourth-order valence-electron chi connectivity index (χ4n) is 2.17. The van der Waals surface area contributed by atoms with Crippen molar-refractivity contribution in [3.8, 4) is 35.8 Å². The first-order chi connectivity index (χ1) is 11.8. The molecule has 0 fully saturated rings. The van der Waals surface area contributed by atoms with Crippen LogP contribution in [0.1, 0.15) is 49.8 Å². The van der Waals surface area contributed by atoms with Gasteiger partial charge in [-0.15, -0.1) is 0 Å². The molecule has 2 aromatic rings. The summed E-state index contributed by atoms with van der Waals surface area (Å²) in [6.45, 7) is 0. The van der Waals surface area contributed by atoms with Gasteiger partial charge in [0, 0.05) is 36.6 Å². The van der Waals surface area contributed by atoms with Gasteiger partial charge in [-0.05, 0) is 30.9 Å². The topological polar surface area (TPSA) is 60.5 Å². The molecule has 0 aliphatic carbocycles. The lowest BCUT2D eigenvalue weighted by Crippen LogP contribution is -1.89. The fraction of sp³-hybridized carbons (Fsp3) is 0.286. The number of unbranched alkanes of at least 4 members (excludes halogenated alkanes) is 4. The third-order valence-electron chi connectivity index (χ3n) is 3.34. The summed E-state index contributed by atoms with van der Waals surface area (Å²) < 4.78 is 0. The molecule has 0 bridgehead atoms. The Balaban J connectivity index is 2.24. The summed E-state index contributed by atoms with van der Waals surface area (Å²) in [6, 6.07) is 14.0. The molecular formula is C21H17N3. The number of aromatic nitrogens is 1. The van der Waals surface area contributed by atoms with Crippen LogP contribution in [0.2, 0.25) is 0 Å². The molecule has 1 aromatic heterocycles. The molecule has 3 heteroatoms. The minimum absolute atomic E-state index is 0.527. The number of hydrogen-bond donors (Lipinski definition) is 0. The molecule has 0 N–H and O–H groups in total. The number of fused-ring (bicyclic) bond motifs is 1. The third kappa shape index (κ3) is 5.18. The lowest BCUT2D eigenvalue weighted by molar-refractivity contribution is 0.894. The van der Waals surface area contributed by atoms with Gasteiger partial charge in [0.2, 0.25) is 0 Å². The third-order valence-corrected chi connectivity index (χ3v) is 3.34. The summed E-state index contributed by atoms with van der Waals surface area (Å²) in [4.78, 5) is 4.56. The number of nitrogens with zero attached hydrogens (tertiary/aromatic N) is 3. The van der Waals surface area contributed by atoms with Crippen molar-refractivity contribution in [3.05, 3.63) is 41.6 Å². The molecule has 3 nitrogen and oxygen atoms in total. The SMILES string of the molecule is N#CCCCC#Cc1cc(C#CCCCC#N)c2ccccc2n1. The Morgan fingerprint density at radius 1 is 0.833 bits per heavy atom.